The maximum absolute atomic E-state index is 11.6. The van der Waals surface area contributed by atoms with Gasteiger partial charge >= 0.3 is 0 Å². The first kappa shape index (κ1) is 11.1. The molecule has 2 rings (SSSR count). The van der Waals surface area contributed by atoms with E-state index in [9.17, 15) is 4.79 Å². The zero-order valence-corrected chi connectivity index (χ0v) is 9.36. The van der Waals surface area contributed by atoms with Crippen LogP contribution in [0, 0.1) is 0 Å². The van der Waals surface area contributed by atoms with Gasteiger partial charge in [-0.15, -0.1) is 0 Å². The van der Waals surface area contributed by atoms with Gasteiger partial charge in [0.2, 0.25) is 5.91 Å². The molecule has 3 N–H and O–H groups in total. The molecule has 0 aromatic heterocycles. The van der Waals surface area contributed by atoms with E-state index in [1.54, 1.807) is 0 Å². The first-order valence-corrected chi connectivity index (χ1v) is 5.86. The van der Waals surface area contributed by atoms with Crippen LogP contribution in [0.2, 0.25) is 0 Å². The molecule has 1 amide bonds. The van der Waals surface area contributed by atoms with Crippen molar-refractivity contribution in [3.63, 3.8) is 0 Å². The highest BCUT2D eigenvalue weighted by atomic mass is 16.1. The molecule has 1 aliphatic heterocycles. The zero-order valence-electron chi connectivity index (χ0n) is 9.36. The molecule has 0 bridgehead atoms. The number of hydrogen-bond acceptors (Lipinski definition) is 2. The molecule has 1 fully saturated rings. The Labute approximate surface area is 96.0 Å². The number of carbonyl (C=O) groups is 1. The molecule has 1 aromatic carbocycles. The summed E-state index contributed by atoms with van der Waals surface area (Å²) < 4.78 is 0. The van der Waals surface area contributed by atoms with Crippen molar-refractivity contribution in [3.05, 3.63) is 35.9 Å². The second-order valence-corrected chi connectivity index (χ2v) is 4.35. The summed E-state index contributed by atoms with van der Waals surface area (Å²) in [6.07, 6.45) is 3.40. The van der Waals surface area contributed by atoms with E-state index in [0.717, 1.165) is 18.5 Å². The number of rotatable bonds is 3. The Morgan fingerprint density at radius 2 is 2.06 bits per heavy atom. The lowest BCUT2D eigenvalue weighted by molar-refractivity contribution is -0.120. The van der Waals surface area contributed by atoms with Gasteiger partial charge in [-0.25, -0.2) is 0 Å². The lowest BCUT2D eigenvalue weighted by Gasteiger charge is -2.29. The smallest absolute Gasteiger partial charge is 0.226 e. The maximum atomic E-state index is 11.6. The Bertz CT molecular complexity index is 344. The highest BCUT2D eigenvalue weighted by molar-refractivity contribution is 5.82. The average molecular weight is 218 g/mol. The molecular weight excluding hydrogens is 200 g/mol. The summed E-state index contributed by atoms with van der Waals surface area (Å²) in [4.78, 5) is 11.6. The first-order valence-electron chi connectivity index (χ1n) is 5.86. The molecule has 0 saturated carbocycles. The molecule has 0 aliphatic carbocycles. The maximum Gasteiger partial charge on any atom is 0.226 e. The van der Waals surface area contributed by atoms with Gasteiger partial charge in [0.15, 0.2) is 0 Å². The van der Waals surface area contributed by atoms with Crippen LogP contribution < -0.4 is 11.1 Å². The third-order valence-corrected chi connectivity index (χ3v) is 3.22. The highest BCUT2D eigenvalue weighted by Crippen LogP contribution is 2.24. The summed E-state index contributed by atoms with van der Waals surface area (Å²) in [7, 11) is 0. The summed E-state index contributed by atoms with van der Waals surface area (Å²) in [6, 6.07) is 10.0. The van der Waals surface area contributed by atoms with Crippen LogP contribution in [0.1, 0.15) is 30.7 Å². The SMILES string of the molecule is NC(=O)[C@H](c1ccccc1)[C@H]1CCCCN1. The van der Waals surface area contributed by atoms with Crippen molar-refractivity contribution in [1.82, 2.24) is 5.32 Å². The summed E-state index contributed by atoms with van der Waals surface area (Å²) in [5, 5.41) is 3.40. The Hall–Kier alpha value is -1.35. The van der Waals surface area contributed by atoms with Crippen molar-refractivity contribution in [2.24, 2.45) is 5.73 Å². The van der Waals surface area contributed by atoms with Crippen molar-refractivity contribution >= 4 is 5.91 Å². The number of nitrogens with one attached hydrogen (secondary N) is 1. The second kappa shape index (κ2) is 5.12. The monoisotopic (exact) mass is 218 g/mol. The van der Waals surface area contributed by atoms with Crippen LogP contribution in [0.3, 0.4) is 0 Å². The third kappa shape index (κ3) is 2.42. The fraction of sp³-hybridized carbons (Fsp3) is 0.462. The van der Waals surface area contributed by atoms with Gasteiger partial charge in [0.1, 0.15) is 0 Å². The van der Waals surface area contributed by atoms with Gasteiger partial charge in [0, 0.05) is 6.04 Å². The molecule has 1 saturated heterocycles. The van der Waals surface area contributed by atoms with Crippen molar-refractivity contribution in [2.75, 3.05) is 6.54 Å². The second-order valence-electron chi connectivity index (χ2n) is 4.35. The topological polar surface area (TPSA) is 55.1 Å². The van der Waals surface area contributed by atoms with Crippen molar-refractivity contribution in [1.29, 1.82) is 0 Å². The van der Waals surface area contributed by atoms with Gasteiger partial charge in [-0.05, 0) is 24.9 Å². The molecule has 0 spiro atoms. The number of amides is 1. The largest absolute Gasteiger partial charge is 0.369 e. The van der Waals surface area contributed by atoms with E-state index in [1.807, 2.05) is 30.3 Å². The van der Waals surface area contributed by atoms with Crippen LogP contribution in [-0.4, -0.2) is 18.5 Å². The van der Waals surface area contributed by atoms with Crippen LogP contribution >= 0.6 is 0 Å². The number of hydrogen-bond donors (Lipinski definition) is 2. The van der Waals surface area contributed by atoms with E-state index in [4.69, 9.17) is 5.73 Å². The molecule has 1 aromatic rings. The Kier molecular flexibility index (Phi) is 3.57. The number of piperidine rings is 1. The molecule has 1 heterocycles. The molecule has 1 aliphatic rings. The average Bonchev–Trinajstić information content (AvgIpc) is 2.31. The van der Waals surface area contributed by atoms with Gasteiger partial charge in [-0.1, -0.05) is 36.8 Å². The number of primary amides is 1. The van der Waals surface area contributed by atoms with Gasteiger partial charge in [-0.2, -0.15) is 0 Å². The van der Waals surface area contributed by atoms with Crippen molar-refractivity contribution < 1.29 is 4.79 Å². The molecule has 86 valence electrons. The van der Waals surface area contributed by atoms with Crippen LogP contribution in [-0.2, 0) is 4.79 Å². The van der Waals surface area contributed by atoms with E-state index in [1.165, 1.54) is 12.8 Å². The number of nitrogens with two attached hydrogens (primary N) is 1. The standard InChI is InChI=1S/C13H18N2O/c14-13(16)12(10-6-2-1-3-7-10)11-8-4-5-9-15-11/h1-3,6-7,11-12,15H,4-5,8-9H2,(H2,14,16)/t11-,12-/m1/s1. The molecule has 2 atom stereocenters. The van der Waals surface area contributed by atoms with Crippen LogP contribution in [0.4, 0.5) is 0 Å². The minimum Gasteiger partial charge on any atom is -0.369 e. The lowest BCUT2D eigenvalue weighted by atomic mass is 9.86. The Balaban J connectivity index is 2.20. The van der Waals surface area contributed by atoms with Gasteiger partial charge in [-0.3, -0.25) is 4.79 Å². The zero-order chi connectivity index (χ0) is 11.4. The highest BCUT2D eigenvalue weighted by Gasteiger charge is 2.28. The molecule has 0 unspecified atom stereocenters. The lowest BCUT2D eigenvalue weighted by Crippen LogP contribution is -2.43. The van der Waals surface area contributed by atoms with Crippen molar-refractivity contribution in [3.8, 4) is 0 Å². The number of carbonyl (C=O) groups excluding carboxylic acids is 1. The summed E-state index contributed by atoms with van der Waals surface area (Å²) in [5.74, 6) is -0.424. The van der Waals surface area contributed by atoms with Gasteiger partial charge < -0.3 is 11.1 Å². The van der Waals surface area contributed by atoms with Gasteiger partial charge in [0.25, 0.3) is 0 Å². The molecule has 3 heteroatoms. The van der Waals surface area contributed by atoms with E-state index in [0.29, 0.717) is 0 Å². The van der Waals surface area contributed by atoms with Crippen LogP contribution in [0.15, 0.2) is 30.3 Å². The van der Waals surface area contributed by atoms with Crippen LogP contribution in [0.5, 0.6) is 0 Å². The minimum absolute atomic E-state index is 0.193. The van der Waals surface area contributed by atoms with E-state index in [-0.39, 0.29) is 17.9 Å². The summed E-state index contributed by atoms with van der Waals surface area (Å²) in [6.45, 7) is 0.987. The van der Waals surface area contributed by atoms with Gasteiger partial charge in [0.05, 0.1) is 5.92 Å². The fourth-order valence-corrected chi connectivity index (χ4v) is 2.42. The predicted molar refractivity (Wildman–Crippen MR) is 64.0 cm³/mol. The summed E-state index contributed by atoms with van der Waals surface area (Å²) in [5.41, 5.74) is 6.54. The van der Waals surface area contributed by atoms with E-state index in [2.05, 4.69) is 5.32 Å². The molecule has 16 heavy (non-hydrogen) atoms. The molecule has 0 radical (unpaired) electrons. The fourth-order valence-electron chi connectivity index (χ4n) is 2.42. The van der Waals surface area contributed by atoms with E-state index < -0.39 is 0 Å². The molecular formula is C13H18N2O. The first-order chi connectivity index (χ1) is 7.79. The Morgan fingerprint density at radius 1 is 1.31 bits per heavy atom. The third-order valence-electron chi connectivity index (χ3n) is 3.22. The van der Waals surface area contributed by atoms with Crippen LogP contribution in [0.25, 0.3) is 0 Å². The minimum atomic E-state index is -0.231. The normalized spacial score (nSPS) is 22.6. The predicted octanol–water partition coefficient (Wildman–Crippen LogP) is 1.40. The molecule has 3 nitrogen and oxygen atoms in total. The quantitative estimate of drug-likeness (QED) is 0.805. The Morgan fingerprint density at radius 3 is 2.62 bits per heavy atom. The summed E-state index contributed by atoms with van der Waals surface area (Å²) >= 11 is 0. The van der Waals surface area contributed by atoms with Crippen molar-refractivity contribution in [2.45, 2.75) is 31.2 Å². The number of benzene rings is 1. The van der Waals surface area contributed by atoms with E-state index >= 15 is 0 Å².